The molecule has 0 aliphatic carbocycles. The molecule has 7 nitrogen and oxygen atoms in total. The maximum Gasteiger partial charge on any atom is 0.323 e. The predicted molar refractivity (Wildman–Crippen MR) is 95.1 cm³/mol. The molecule has 2 rings (SSSR count). The van der Waals surface area contributed by atoms with E-state index in [0.717, 1.165) is 25.3 Å². The van der Waals surface area contributed by atoms with E-state index in [-0.39, 0.29) is 18.1 Å². The lowest BCUT2D eigenvalue weighted by Gasteiger charge is -2.43. The number of esters is 1. The molecule has 1 aromatic heterocycles. The lowest BCUT2D eigenvalue weighted by Crippen LogP contribution is -2.57. The van der Waals surface area contributed by atoms with Crippen molar-refractivity contribution in [2.75, 3.05) is 30.3 Å². The van der Waals surface area contributed by atoms with Crippen molar-refractivity contribution in [1.29, 1.82) is 0 Å². The number of carbonyl (C=O) groups excluding carboxylic acids is 1. The second-order valence-electron chi connectivity index (χ2n) is 7.18. The highest BCUT2D eigenvalue weighted by Gasteiger charge is 2.33. The van der Waals surface area contributed by atoms with Gasteiger partial charge in [0.2, 0.25) is 0 Å². The number of halogens is 1. The maximum absolute atomic E-state index is 12.3. The van der Waals surface area contributed by atoms with Crippen LogP contribution in [0.15, 0.2) is 6.07 Å². The van der Waals surface area contributed by atoms with E-state index < -0.39 is 5.60 Å². The number of nitrogen functional groups attached to an aromatic ring is 1. The van der Waals surface area contributed by atoms with Crippen LogP contribution in [0.2, 0.25) is 5.15 Å². The summed E-state index contributed by atoms with van der Waals surface area (Å²) < 4.78 is 5.50. The number of aromatic nitrogens is 2. The Kier molecular flexibility index (Phi) is 5.55. The van der Waals surface area contributed by atoms with E-state index in [0.29, 0.717) is 11.0 Å². The lowest BCUT2D eigenvalue weighted by molar-refractivity contribution is -0.161. The molecule has 1 fully saturated rings. The van der Waals surface area contributed by atoms with Crippen molar-refractivity contribution >= 4 is 29.1 Å². The van der Waals surface area contributed by atoms with Gasteiger partial charge in [-0.15, -0.1) is 10.2 Å². The van der Waals surface area contributed by atoms with Gasteiger partial charge in [0, 0.05) is 31.7 Å². The predicted octanol–water partition coefficient (Wildman–Crippen LogP) is 1.95. The molecule has 1 aliphatic heterocycles. The molecule has 0 saturated carbocycles. The Labute approximate surface area is 148 Å². The van der Waals surface area contributed by atoms with E-state index in [1.54, 1.807) is 6.07 Å². The molecule has 2 heterocycles. The van der Waals surface area contributed by atoms with Crippen molar-refractivity contribution in [2.45, 2.75) is 52.3 Å². The maximum atomic E-state index is 12.3. The Morgan fingerprint density at radius 2 is 2.08 bits per heavy atom. The van der Waals surface area contributed by atoms with E-state index in [4.69, 9.17) is 22.1 Å². The number of nitrogens with zero attached hydrogens (tertiary/aromatic N) is 4. The lowest BCUT2D eigenvalue weighted by atomic mass is 10.1. The monoisotopic (exact) mass is 355 g/mol. The fourth-order valence-corrected chi connectivity index (χ4v) is 3.05. The van der Waals surface area contributed by atoms with E-state index >= 15 is 0 Å². The van der Waals surface area contributed by atoms with Crippen LogP contribution in [0.1, 0.15) is 34.6 Å². The zero-order valence-electron chi connectivity index (χ0n) is 14.9. The molecule has 0 amide bonds. The highest BCUT2D eigenvalue weighted by Crippen LogP contribution is 2.26. The molecular weight excluding hydrogens is 330 g/mol. The molecule has 0 spiro atoms. The Morgan fingerprint density at radius 3 is 2.67 bits per heavy atom. The summed E-state index contributed by atoms with van der Waals surface area (Å²) in [7, 11) is 0. The van der Waals surface area contributed by atoms with Crippen molar-refractivity contribution in [2.24, 2.45) is 0 Å². The zero-order valence-corrected chi connectivity index (χ0v) is 15.7. The minimum Gasteiger partial charge on any atom is -0.459 e. The molecule has 2 N–H and O–H groups in total. The molecule has 1 saturated heterocycles. The van der Waals surface area contributed by atoms with Gasteiger partial charge in [-0.1, -0.05) is 11.6 Å². The Morgan fingerprint density at radius 1 is 1.42 bits per heavy atom. The van der Waals surface area contributed by atoms with Crippen LogP contribution in [0.25, 0.3) is 0 Å². The third-order valence-corrected chi connectivity index (χ3v) is 4.22. The molecule has 1 aromatic rings. The van der Waals surface area contributed by atoms with E-state index in [1.807, 2.05) is 27.7 Å². The number of nitrogens with two attached hydrogens (primary N) is 1. The van der Waals surface area contributed by atoms with Crippen molar-refractivity contribution in [1.82, 2.24) is 15.1 Å². The molecule has 0 bridgehead atoms. The topological polar surface area (TPSA) is 84.6 Å². The van der Waals surface area contributed by atoms with Gasteiger partial charge in [0.25, 0.3) is 0 Å². The fourth-order valence-electron chi connectivity index (χ4n) is 2.91. The molecular formula is C16H26ClN5O2. The van der Waals surface area contributed by atoms with E-state index in [1.165, 1.54) is 0 Å². The van der Waals surface area contributed by atoms with Crippen molar-refractivity contribution in [3.8, 4) is 0 Å². The van der Waals surface area contributed by atoms with Gasteiger partial charge >= 0.3 is 5.97 Å². The standard InChI is InChI=1S/C16H26ClN5O2/c1-10-9-21(12-8-13(17)19-20-14(12)18)6-7-22(10)11(2)15(23)24-16(3,4)5/h8,10-11H,6-7,9H2,1-5H3,(H2,18,20). The molecule has 134 valence electrons. The van der Waals surface area contributed by atoms with Crippen LogP contribution in [0.3, 0.4) is 0 Å². The van der Waals surface area contributed by atoms with Gasteiger partial charge in [-0.25, -0.2) is 0 Å². The van der Waals surface area contributed by atoms with Crippen LogP contribution in [0.4, 0.5) is 11.5 Å². The summed E-state index contributed by atoms with van der Waals surface area (Å²) in [4.78, 5) is 16.6. The van der Waals surface area contributed by atoms with Crippen LogP contribution in [0.5, 0.6) is 0 Å². The normalized spacial score (nSPS) is 20.8. The molecule has 24 heavy (non-hydrogen) atoms. The SMILES string of the molecule is CC1CN(c2cc(Cl)nnc2N)CCN1C(C)C(=O)OC(C)(C)C. The minimum atomic E-state index is -0.482. The largest absolute Gasteiger partial charge is 0.459 e. The van der Waals surface area contributed by atoms with Crippen LogP contribution < -0.4 is 10.6 Å². The second kappa shape index (κ2) is 7.11. The van der Waals surface area contributed by atoms with Gasteiger partial charge < -0.3 is 15.4 Å². The first kappa shape index (κ1) is 18.7. The molecule has 0 radical (unpaired) electrons. The summed E-state index contributed by atoms with van der Waals surface area (Å²) in [5.41, 5.74) is 6.22. The number of hydrogen-bond acceptors (Lipinski definition) is 7. The average Bonchev–Trinajstić information content (AvgIpc) is 2.47. The van der Waals surface area contributed by atoms with Gasteiger partial charge in [0.05, 0.1) is 5.69 Å². The number of rotatable bonds is 3. The molecule has 0 aromatic carbocycles. The summed E-state index contributed by atoms with van der Waals surface area (Å²) in [6.07, 6.45) is 0. The van der Waals surface area contributed by atoms with Crippen LogP contribution in [0, 0.1) is 0 Å². The quantitative estimate of drug-likeness (QED) is 0.829. The summed E-state index contributed by atoms with van der Waals surface area (Å²) in [5, 5.41) is 7.93. The van der Waals surface area contributed by atoms with Gasteiger partial charge in [-0.2, -0.15) is 0 Å². The van der Waals surface area contributed by atoms with Gasteiger partial charge in [-0.05, 0) is 34.6 Å². The number of ether oxygens (including phenoxy) is 1. The first-order valence-electron chi connectivity index (χ1n) is 8.10. The van der Waals surface area contributed by atoms with E-state index in [9.17, 15) is 4.79 Å². The summed E-state index contributed by atoms with van der Waals surface area (Å²) in [6, 6.07) is 1.59. The molecule has 2 unspecified atom stereocenters. The smallest absolute Gasteiger partial charge is 0.323 e. The molecule has 8 heteroatoms. The average molecular weight is 356 g/mol. The zero-order chi connectivity index (χ0) is 18.1. The minimum absolute atomic E-state index is 0.160. The van der Waals surface area contributed by atoms with Crippen molar-refractivity contribution < 1.29 is 9.53 Å². The Bertz CT molecular complexity index is 605. The first-order valence-corrected chi connectivity index (χ1v) is 8.48. The van der Waals surface area contributed by atoms with Crippen molar-refractivity contribution in [3.63, 3.8) is 0 Å². The highest BCUT2D eigenvalue weighted by atomic mass is 35.5. The third-order valence-electron chi connectivity index (χ3n) is 4.04. The van der Waals surface area contributed by atoms with Gasteiger partial charge in [0.1, 0.15) is 11.6 Å². The molecule has 2 atom stereocenters. The van der Waals surface area contributed by atoms with Gasteiger partial charge in [-0.3, -0.25) is 9.69 Å². The summed E-state index contributed by atoms with van der Waals surface area (Å²) in [5.74, 6) is 0.163. The fraction of sp³-hybridized carbons (Fsp3) is 0.688. The number of carbonyl (C=O) groups is 1. The van der Waals surface area contributed by atoms with Gasteiger partial charge in [0.15, 0.2) is 11.0 Å². The van der Waals surface area contributed by atoms with Crippen LogP contribution >= 0.6 is 11.6 Å². The first-order chi connectivity index (χ1) is 11.1. The summed E-state index contributed by atoms with van der Waals surface area (Å²) >= 11 is 5.93. The van der Waals surface area contributed by atoms with E-state index in [2.05, 4.69) is 26.9 Å². The number of anilines is 2. The Balaban J connectivity index is 2.05. The summed E-state index contributed by atoms with van der Waals surface area (Å²) in [6.45, 7) is 11.8. The highest BCUT2D eigenvalue weighted by molar-refractivity contribution is 6.29. The van der Waals surface area contributed by atoms with Crippen LogP contribution in [-0.4, -0.2) is 58.4 Å². The molecule has 1 aliphatic rings. The van der Waals surface area contributed by atoms with Crippen LogP contribution in [-0.2, 0) is 9.53 Å². The Hall–Kier alpha value is -1.60. The van der Waals surface area contributed by atoms with Crippen molar-refractivity contribution in [3.05, 3.63) is 11.2 Å². The number of hydrogen-bond donors (Lipinski definition) is 1. The number of piperazine rings is 1. The third kappa shape index (κ3) is 4.48. The second-order valence-corrected chi connectivity index (χ2v) is 7.57.